The maximum absolute atomic E-state index is 11.7. The van der Waals surface area contributed by atoms with Gasteiger partial charge in [0.25, 0.3) is 0 Å². The first-order valence-corrected chi connectivity index (χ1v) is 5.98. The Hall–Kier alpha value is -0.610. The van der Waals surface area contributed by atoms with Crippen LogP contribution in [0.4, 0.5) is 0 Å². The van der Waals surface area contributed by atoms with E-state index in [-0.39, 0.29) is 23.8 Å². The molecular weight excluding hydrogens is 204 g/mol. The fourth-order valence-electron chi connectivity index (χ4n) is 1.35. The zero-order valence-electron chi connectivity index (χ0n) is 10.9. The number of hydrogen-bond donors (Lipinski definition) is 3. The van der Waals surface area contributed by atoms with Crippen LogP contribution in [-0.2, 0) is 4.79 Å². The van der Waals surface area contributed by atoms with Crippen molar-refractivity contribution in [2.45, 2.75) is 46.6 Å². The first-order chi connectivity index (χ1) is 7.34. The molecule has 0 fully saturated rings. The average molecular weight is 230 g/mol. The minimum Gasteiger partial charge on any atom is -0.396 e. The lowest BCUT2D eigenvalue weighted by Gasteiger charge is -2.26. The van der Waals surface area contributed by atoms with Crippen LogP contribution in [-0.4, -0.2) is 30.2 Å². The summed E-state index contributed by atoms with van der Waals surface area (Å²) >= 11 is 0. The van der Waals surface area contributed by atoms with Gasteiger partial charge in [0.05, 0.1) is 6.04 Å². The van der Waals surface area contributed by atoms with Crippen molar-refractivity contribution in [2.24, 2.45) is 17.1 Å². The number of aliphatic hydroxyl groups excluding tert-OH is 1. The topological polar surface area (TPSA) is 75.4 Å². The lowest BCUT2D eigenvalue weighted by molar-refractivity contribution is -0.123. The molecule has 1 amide bonds. The van der Waals surface area contributed by atoms with E-state index in [1.807, 2.05) is 27.7 Å². The highest BCUT2D eigenvalue weighted by Gasteiger charge is 2.22. The maximum atomic E-state index is 11.7. The lowest BCUT2D eigenvalue weighted by Crippen LogP contribution is -2.47. The van der Waals surface area contributed by atoms with Crippen LogP contribution in [0.5, 0.6) is 0 Å². The second kappa shape index (κ2) is 6.86. The van der Waals surface area contributed by atoms with Crippen molar-refractivity contribution in [1.82, 2.24) is 5.32 Å². The molecule has 0 aliphatic carbocycles. The van der Waals surface area contributed by atoms with Gasteiger partial charge in [-0.3, -0.25) is 4.79 Å². The van der Waals surface area contributed by atoms with Crippen LogP contribution in [0.3, 0.4) is 0 Å². The average Bonchev–Trinajstić information content (AvgIpc) is 2.23. The summed E-state index contributed by atoms with van der Waals surface area (Å²) < 4.78 is 0. The Kier molecular flexibility index (Phi) is 6.60. The highest BCUT2D eigenvalue weighted by atomic mass is 16.3. The van der Waals surface area contributed by atoms with Crippen molar-refractivity contribution in [3.8, 4) is 0 Å². The van der Waals surface area contributed by atoms with Crippen molar-refractivity contribution in [3.63, 3.8) is 0 Å². The van der Waals surface area contributed by atoms with E-state index in [4.69, 9.17) is 10.8 Å². The van der Waals surface area contributed by atoms with E-state index in [0.29, 0.717) is 13.0 Å². The molecule has 4 N–H and O–H groups in total. The molecular formula is C12H26N2O2. The zero-order chi connectivity index (χ0) is 12.8. The number of carbonyl (C=O) groups is 1. The molecule has 0 rings (SSSR count). The summed E-state index contributed by atoms with van der Waals surface area (Å²) in [4.78, 5) is 11.7. The van der Waals surface area contributed by atoms with E-state index in [1.54, 1.807) is 0 Å². The van der Waals surface area contributed by atoms with Crippen molar-refractivity contribution in [2.75, 3.05) is 13.2 Å². The van der Waals surface area contributed by atoms with Crippen LogP contribution in [0.2, 0.25) is 0 Å². The standard InChI is InChI=1S/C12H26N2O2/c1-5-9(2)10(13)11(16)14-8-12(3,4)6-7-15/h9-10,15H,5-8,13H2,1-4H3,(H,14,16)/t9-,10-/m0/s1. The Morgan fingerprint density at radius 2 is 2.06 bits per heavy atom. The highest BCUT2D eigenvalue weighted by Crippen LogP contribution is 2.18. The molecule has 0 spiro atoms. The predicted molar refractivity (Wildman–Crippen MR) is 65.9 cm³/mol. The highest BCUT2D eigenvalue weighted by molar-refractivity contribution is 5.81. The van der Waals surface area contributed by atoms with Gasteiger partial charge in [-0.15, -0.1) is 0 Å². The van der Waals surface area contributed by atoms with Gasteiger partial charge in [0, 0.05) is 13.2 Å². The molecule has 0 unspecified atom stereocenters. The van der Waals surface area contributed by atoms with Gasteiger partial charge in [-0.25, -0.2) is 0 Å². The third-order valence-corrected chi connectivity index (χ3v) is 3.09. The Morgan fingerprint density at radius 1 is 1.50 bits per heavy atom. The Labute approximate surface area is 98.6 Å². The summed E-state index contributed by atoms with van der Waals surface area (Å²) in [6.45, 7) is 8.71. The Balaban J connectivity index is 4.06. The molecule has 4 heteroatoms. The van der Waals surface area contributed by atoms with Gasteiger partial charge in [0.2, 0.25) is 5.91 Å². The van der Waals surface area contributed by atoms with Crippen LogP contribution >= 0.6 is 0 Å². The molecule has 96 valence electrons. The van der Waals surface area contributed by atoms with Gasteiger partial charge in [-0.05, 0) is 17.8 Å². The number of nitrogens with two attached hydrogens (primary N) is 1. The molecule has 0 heterocycles. The molecule has 0 saturated heterocycles. The third-order valence-electron chi connectivity index (χ3n) is 3.09. The van der Waals surface area contributed by atoms with Gasteiger partial charge in [0.15, 0.2) is 0 Å². The molecule has 0 aromatic rings. The lowest BCUT2D eigenvalue weighted by atomic mass is 9.89. The third kappa shape index (κ3) is 5.47. The summed E-state index contributed by atoms with van der Waals surface area (Å²) in [7, 11) is 0. The summed E-state index contributed by atoms with van der Waals surface area (Å²) in [6, 6.07) is -0.435. The second-order valence-corrected chi connectivity index (χ2v) is 5.27. The molecule has 0 bridgehead atoms. The number of amides is 1. The smallest absolute Gasteiger partial charge is 0.237 e. The molecule has 16 heavy (non-hydrogen) atoms. The maximum Gasteiger partial charge on any atom is 0.237 e. The molecule has 0 aromatic carbocycles. The van der Waals surface area contributed by atoms with Crippen LogP contribution in [0.15, 0.2) is 0 Å². The SMILES string of the molecule is CC[C@H](C)[C@H](N)C(=O)NCC(C)(C)CCO. The summed E-state index contributed by atoms with van der Waals surface area (Å²) in [5.74, 6) is 0.0984. The molecule has 2 atom stereocenters. The minimum absolute atomic E-state index is 0.0837. The quantitative estimate of drug-likeness (QED) is 0.608. The van der Waals surface area contributed by atoms with Crippen LogP contribution in [0.25, 0.3) is 0 Å². The zero-order valence-corrected chi connectivity index (χ0v) is 10.9. The molecule has 4 nitrogen and oxygen atoms in total. The van der Waals surface area contributed by atoms with Crippen molar-refractivity contribution in [1.29, 1.82) is 0 Å². The van der Waals surface area contributed by atoms with E-state index in [2.05, 4.69) is 5.32 Å². The van der Waals surface area contributed by atoms with Crippen LogP contribution in [0.1, 0.15) is 40.5 Å². The number of rotatable bonds is 7. The molecule has 0 aromatic heterocycles. The predicted octanol–water partition coefficient (Wildman–Crippen LogP) is 0.885. The van der Waals surface area contributed by atoms with Crippen LogP contribution in [0, 0.1) is 11.3 Å². The molecule has 0 aliphatic heterocycles. The molecule has 0 aliphatic rings. The fourth-order valence-corrected chi connectivity index (χ4v) is 1.35. The number of nitrogens with one attached hydrogen (secondary N) is 1. The number of carbonyl (C=O) groups excluding carboxylic acids is 1. The normalized spacial score (nSPS) is 15.6. The Bertz CT molecular complexity index is 217. The summed E-state index contributed by atoms with van der Waals surface area (Å²) in [5, 5.41) is 11.7. The van der Waals surface area contributed by atoms with Gasteiger partial charge >= 0.3 is 0 Å². The van der Waals surface area contributed by atoms with Crippen molar-refractivity contribution in [3.05, 3.63) is 0 Å². The summed E-state index contributed by atoms with van der Waals surface area (Å²) in [5.41, 5.74) is 5.73. The van der Waals surface area contributed by atoms with E-state index in [0.717, 1.165) is 6.42 Å². The number of hydrogen-bond acceptors (Lipinski definition) is 3. The van der Waals surface area contributed by atoms with Gasteiger partial charge < -0.3 is 16.2 Å². The van der Waals surface area contributed by atoms with Gasteiger partial charge in [-0.1, -0.05) is 34.1 Å². The summed E-state index contributed by atoms with van der Waals surface area (Å²) in [6.07, 6.45) is 1.57. The van der Waals surface area contributed by atoms with Gasteiger partial charge in [-0.2, -0.15) is 0 Å². The Morgan fingerprint density at radius 3 is 2.50 bits per heavy atom. The van der Waals surface area contributed by atoms with Gasteiger partial charge in [0.1, 0.15) is 0 Å². The molecule has 0 radical (unpaired) electrons. The molecule has 0 saturated carbocycles. The van der Waals surface area contributed by atoms with E-state index in [1.165, 1.54) is 0 Å². The first-order valence-electron chi connectivity index (χ1n) is 5.98. The van der Waals surface area contributed by atoms with Crippen molar-refractivity contribution >= 4 is 5.91 Å². The second-order valence-electron chi connectivity index (χ2n) is 5.27. The fraction of sp³-hybridized carbons (Fsp3) is 0.917. The van der Waals surface area contributed by atoms with E-state index in [9.17, 15) is 4.79 Å². The van der Waals surface area contributed by atoms with E-state index >= 15 is 0 Å². The minimum atomic E-state index is -0.435. The number of aliphatic hydroxyl groups is 1. The first kappa shape index (κ1) is 15.4. The monoisotopic (exact) mass is 230 g/mol. The van der Waals surface area contributed by atoms with Crippen molar-refractivity contribution < 1.29 is 9.90 Å². The van der Waals surface area contributed by atoms with E-state index < -0.39 is 6.04 Å². The largest absolute Gasteiger partial charge is 0.396 e. The van der Waals surface area contributed by atoms with Crippen LogP contribution < -0.4 is 11.1 Å².